The number of aromatic nitrogens is 2. The zero-order valence-corrected chi connectivity index (χ0v) is 12.4. The third kappa shape index (κ3) is 1.98. The molecule has 3 rings (SSSR count). The van der Waals surface area contributed by atoms with Crippen molar-refractivity contribution in [3.05, 3.63) is 51.6 Å². The smallest absolute Gasteiger partial charge is 0.260 e. The molecule has 0 atom stereocenters. The van der Waals surface area contributed by atoms with E-state index < -0.39 is 0 Å². The molecular formula is C16H15ClN2O2. The summed E-state index contributed by atoms with van der Waals surface area (Å²) in [5, 5.41) is 11.2. The predicted molar refractivity (Wildman–Crippen MR) is 84.7 cm³/mol. The standard InChI is InChI=1S/C16H15ClN2O2/c1-3-9-7-8-19-14(10(9)4-2)15(20)13-11(16(19)21)5-6-12(17)18-13/h4-6,20H,2-3,7-8H2,1H3. The minimum absolute atomic E-state index is 0.00681. The fourth-order valence-electron chi connectivity index (χ4n) is 2.92. The number of nitrogens with zero attached hydrogens (tertiary/aromatic N) is 2. The van der Waals surface area contributed by atoms with Gasteiger partial charge in [0, 0.05) is 12.1 Å². The van der Waals surface area contributed by atoms with Crippen LogP contribution in [0.2, 0.25) is 5.15 Å². The second-order valence-electron chi connectivity index (χ2n) is 5.01. The molecule has 5 heteroatoms. The van der Waals surface area contributed by atoms with Crippen LogP contribution in [0.15, 0.2) is 35.2 Å². The molecule has 0 saturated heterocycles. The molecule has 1 aliphatic heterocycles. The highest BCUT2D eigenvalue weighted by molar-refractivity contribution is 6.29. The Morgan fingerprint density at radius 1 is 1.52 bits per heavy atom. The molecule has 4 nitrogen and oxygen atoms in total. The lowest BCUT2D eigenvalue weighted by molar-refractivity contribution is 0.464. The molecule has 1 N–H and O–H groups in total. The summed E-state index contributed by atoms with van der Waals surface area (Å²) in [4.78, 5) is 16.7. The summed E-state index contributed by atoms with van der Waals surface area (Å²) >= 11 is 5.89. The molecule has 3 heterocycles. The van der Waals surface area contributed by atoms with Crippen LogP contribution in [0.3, 0.4) is 0 Å². The first-order chi connectivity index (χ1) is 10.1. The van der Waals surface area contributed by atoms with Gasteiger partial charge in [-0.05, 0) is 25.0 Å². The number of fused-ring (bicyclic) bond motifs is 2. The lowest BCUT2D eigenvalue weighted by atomic mass is 9.94. The van der Waals surface area contributed by atoms with Crippen molar-refractivity contribution in [3.8, 4) is 5.75 Å². The van der Waals surface area contributed by atoms with E-state index in [-0.39, 0.29) is 22.0 Å². The largest absolute Gasteiger partial charge is 0.504 e. The summed E-state index contributed by atoms with van der Waals surface area (Å²) in [6.45, 7) is 6.43. The maximum absolute atomic E-state index is 12.6. The Balaban J connectivity index is 2.49. The van der Waals surface area contributed by atoms with Gasteiger partial charge in [0.15, 0.2) is 5.75 Å². The number of pyridine rings is 2. The van der Waals surface area contributed by atoms with E-state index in [1.807, 2.05) is 0 Å². The number of hydrogen-bond acceptors (Lipinski definition) is 3. The molecule has 2 aromatic heterocycles. The van der Waals surface area contributed by atoms with Gasteiger partial charge >= 0.3 is 0 Å². The third-order valence-corrected chi connectivity index (χ3v) is 4.17. The minimum Gasteiger partial charge on any atom is -0.504 e. The van der Waals surface area contributed by atoms with Crippen molar-refractivity contribution < 1.29 is 5.11 Å². The van der Waals surface area contributed by atoms with Crippen LogP contribution in [0.4, 0.5) is 0 Å². The number of aromatic hydroxyl groups is 1. The fourth-order valence-corrected chi connectivity index (χ4v) is 3.07. The summed E-state index contributed by atoms with van der Waals surface area (Å²) in [7, 11) is 0. The van der Waals surface area contributed by atoms with Crippen molar-refractivity contribution >= 4 is 28.1 Å². The molecule has 0 spiro atoms. The zero-order valence-electron chi connectivity index (χ0n) is 11.7. The van der Waals surface area contributed by atoms with Crippen LogP contribution in [-0.2, 0) is 6.54 Å². The van der Waals surface area contributed by atoms with Crippen molar-refractivity contribution in [2.75, 3.05) is 0 Å². The highest BCUT2D eigenvalue weighted by Crippen LogP contribution is 2.37. The van der Waals surface area contributed by atoms with E-state index in [9.17, 15) is 9.90 Å². The van der Waals surface area contributed by atoms with Crippen molar-refractivity contribution in [1.29, 1.82) is 0 Å². The fraction of sp³-hybridized carbons (Fsp3) is 0.250. The molecule has 2 aromatic rings. The molecule has 0 aromatic carbocycles. The Labute approximate surface area is 127 Å². The van der Waals surface area contributed by atoms with Crippen LogP contribution in [0, 0.1) is 0 Å². The Bertz CT molecular complexity index is 849. The van der Waals surface area contributed by atoms with Crippen LogP contribution < -0.4 is 5.56 Å². The second-order valence-corrected chi connectivity index (χ2v) is 5.40. The molecular weight excluding hydrogens is 288 g/mol. The van der Waals surface area contributed by atoms with Crippen LogP contribution in [-0.4, -0.2) is 14.7 Å². The van der Waals surface area contributed by atoms with E-state index in [1.165, 1.54) is 5.57 Å². The van der Waals surface area contributed by atoms with Crippen LogP contribution in [0.1, 0.15) is 25.5 Å². The van der Waals surface area contributed by atoms with Gasteiger partial charge in [-0.2, -0.15) is 0 Å². The van der Waals surface area contributed by atoms with Gasteiger partial charge in [-0.15, -0.1) is 0 Å². The zero-order chi connectivity index (χ0) is 15.1. The molecule has 0 radical (unpaired) electrons. The summed E-state index contributed by atoms with van der Waals surface area (Å²) in [6, 6.07) is 3.16. The van der Waals surface area contributed by atoms with Crippen molar-refractivity contribution in [2.45, 2.75) is 26.3 Å². The topological polar surface area (TPSA) is 55.1 Å². The van der Waals surface area contributed by atoms with Gasteiger partial charge in [0.25, 0.3) is 5.56 Å². The number of allylic oxidation sites excluding steroid dienone is 3. The van der Waals surface area contributed by atoms with Crippen molar-refractivity contribution in [1.82, 2.24) is 9.55 Å². The maximum Gasteiger partial charge on any atom is 0.260 e. The molecule has 0 bridgehead atoms. The van der Waals surface area contributed by atoms with Crippen LogP contribution in [0.25, 0.3) is 16.5 Å². The normalized spacial score (nSPS) is 14.4. The SMILES string of the molecule is C=CC1=C(CC)CCn2c1c(O)c1nc(Cl)ccc1c2=O. The molecule has 1 aliphatic rings. The molecule has 21 heavy (non-hydrogen) atoms. The number of hydrogen-bond donors (Lipinski definition) is 1. The lowest BCUT2D eigenvalue weighted by Crippen LogP contribution is -2.27. The highest BCUT2D eigenvalue weighted by atomic mass is 35.5. The third-order valence-electron chi connectivity index (χ3n) is 3.96. The first-order valence-corrected chi connectivity index (χ1v) is 7.23. The van der Waals surface area contributed by atoms with Gasteiger partial charge in [0.1, 0.15) is 10.7 Å². The average Bonchev–Trinajstić information content (AvgIpc) is 2.50. The van der Waals surface area contributed by atoms with E-state index >= 15 is 0 Å². The average molecular weight is 303 g/mol. The van der Waals surface area contributed by atoms with Gasteiger partial charge in [-0.25, -0.2) is 4.98 Å². The van der Waals surface area contributed by atoms with Gasteiger partial charge < -0.3 is 9.67 Å². The molecule has 0 aliphatic carbocycles. The van der Waals surface area contributed by atoms with Crippen LogP contribution >= 0.6 is 11.6 Å². The molecule has 0 fully saturated rings. The quantitative estimate of drug-likeness (QED) is 0.864. The Kier molecular flexibility index (Phi) is 3.33. The summed E-state index contributed by atoms with van der Waals surface area (Å²) < 4.78 is 1.60. The monoisotopic (exact) mass is 302 g/mol. The molecule has 0 unspecified atom stereocenters. The summed E-state index contributed by atoms with van der Waals surface area (Å²) in [5.74, 6) is -0.00681. The molecule has 0 amide bonds. The van der Waals surface area contributed by atoms with Crippen molar-refractivity contribution in [3.63, 3.8) is 0 Å². The Hall–Kier alpha value is -2.07. The first-order valence-electron chi connectivity index (χ1n) is 6.85. The van der Waals surface area contributed by atoms with E-state index in [0.29, 0.717) is 17.6 Å². The maximum atomic E-state index is 12.6. The van der Waals surface area contributed by atoms with Gasteiger partial charge in [-0.1, -0.05) is 36.8 Å². The summed E-state index contributed by atoms with van der Waals surface area (Å²) in [6.07, 6.45) is 3.34. The van der Waals surface area contributed by atoms with Gasteiger partial charge in [0.05, 0.1) is 11.1 Å². The lowest BCUT2D eigenvalue weighted by Gasteiger charge is -2.24. The Morgan fingerprint density at radius 3 is 2.95 bits per heavy atom. The van der Waals surface area contributed by atoms with Gasteiger partial charge in [0.2, 0.25) is 0 Å². The number of rotatable bonds is 2. The highest BCUT2D eigenvalue weighted by Gasteiger charge is 2.24. The molecule has 108 valence electrons. The minimum atomic E-state index is -0.156. The van der Waals surface area contributed by atoms with E-state index in [4.69, 9.17) is 11.6 Å². The van der Waals surface area contributed by atoms with E-state index in [2.05, 4.69) is 18.5 Å². The van der Waals surface area contributed by atoms with Gasteiger partial charge in [-0.3, -0.25) is 4.79 Å². The van der Waals surface area contributed by atoms with E-state index in [1.54, 1.807) is 22.8 Å². The molecule has 0 saturated carbocycles. The first kappa shape index (κ1) is 13.9. The second kappa shape index (κ2) is 5.04. The number of halogens is 1. The van der Waals surface area contributed by atoms with E-state index in [0.717, 1.165) is 18.4 Å². The predicted octanol–water partition coefficient (Wildman–Crippen LogP) is 3.51. The summed E-state index contributed by atoms with van der Waals surface area (Å²) in [5.41, 5.74) is 2.59. The Morgan fingerprint density at radius 2 is 2.29 bits per heavy atom. The van der Waals surface area contributed by atoms with Crippen molar-refractivity contribution in [2.24, 2.45) is 0 Å². The van der Waals surface area contributed by atoms with Crippen LogP contribution in [0.5, 0.6) is 5.75 Å².